The van der Waals surface area contributed by atoms with Gasteiger partial charge in [0.2, 0.25) is 5.92 Å². The van der Waals surface area contributed by atoms with Crippen LogP contribution in [0.2, 0.25) is 0 Å². The molecule has 0 aromatic carbocycles. The average Bonchev–Trinajstić information content (AvgIpc) is 2.20. The summed E-state index contributed by atoms with van der Waals surface area (Å²) in [5.41, 5.74) is 6.26. The Kier molecular flexibility index (Phi) is 3.02. The molecule has 0 spiro atoms. The number of hydrogen-bond acceptors (Lipinski definition) is 1. The van der Waals surface area contributed by atoms with E-state index >= 15 is 0 Å². The Hall–Kier alpha value is -0.180. The molecule has 1 nitrogen and oxygen atoms in total. The molecule has 94 valence electrons. The largest absolute Gasteiger partial charge is 0.330 e. The quantitative estimate of drug-likeness (QED) is 0.787. The molecule has 2 rings (SSSR count). The summed E-state index contributed by atoms with van der Waals surface area (Å²) in [6, 6.07) is 0. The molecule has 16 heavy (non-hydrogen) atoms. The van der Waals surface area contributed by atoms with E-state index in [2.05, 4.69) is 6.92 Å². The van der Waals surface area contributed by atoms with E-state index in [1.165, 1.54) is 19.3 Å². The lowest BCUT2D eigenvalue weighted by Gasteiger charge is -2.58. The van der Waals surface area contributed by atoms with E-state index in [9.17, 15) is 8.78 Å². The van der Waals surface area contributed by atoms with Crippen molar-refractivity contribution in [3.8, 4) is 0 Å². The normalized spacial score (nSPS) is 30.8. The van der Waals surface area contributed by atoms with E-state index < -0.39 is 5.92 Å². The SMILES string of the molecule is CCC1(C2(CN)CCC(F)(F)CC2)CCC1. The van der Waals surface area contributed by atoms with Gasteiger partial charge in [0.1, 0.15) is 0 Å². The van der Waals surface area contributed by atoms with Crippen LogP contribution >= 0.6 is 0 Å². The molecule has 3 heteroatoms. The van der Waals surface area contributed by atoms with Gasteiger partial charge in [-0.1, -0.05) is 13.3 Å². The molecule has 0 radical (unpaired) electrons. The minimum absolute atomic E-state index is 0.0156. The summed E-state index contributed by atoms with van der Waals surface area (Å²) in [4.78, 5) is 0. The van der Waals surface area contributed by atoms with Gasteiger partial charge >= 0.3 is 0 Å². The van der Waals surface area contributed by atoms with Crippen LogP contribution in [-0.2, 0) is 0 Å². The number of alkyl halides is 2. The first-order valence-electron chi connectivity index (χ1n) is 6.57. The Labute approximate surface area is 96.8 Å². The molecule has 2 N–H and O–H groups in total. The zero-order chi connectivity index (χ0) is 11.9. The van der Waals surface area contributed by atoms with Crippen LogP contribution in [0.1, 0.15) is 58.3 Å². The lowest BCUT2D eigenvalue weighted by Crippen LogP contribution is -2.53. The predicted molar refractivity (Wildman–Crippen MR) is 61.5 cm³/mol. The van der Waals surface area contributed by atoms with Gasteiger partial charge in [-0.2, -0.15) is 0 Å². The first kappa shape index (κ1) is 12.3. The highest BCUT2D eigenvalue weighted by Crippen LogP contribution is 2.62. The summed E-state index contributed by atoms with van der Waals surface area (Å²) < 4.78 is 26.5. The van der Waals surface area contributed by atoms with Crippen molar-refractivity contribution >= 4 is 0 Å². The predicted octanol–water partition coefficient (Wildman–Crippen LogP) is 3.72. The second-order valence-corrected chi connectivity index (χ2v) is 5.83. The Morgan fingerprint density at radius 1 is 0.938 bits per heavy atom. The van der Waals surface area contributed by atoms with Crippen LogP contribution in [-0.4, -0.2) is 12.5 Å². The fourth-order valence-electron chi connectivity index (χ4n) is 3.91. The molecule has 0 unspecified atom stereocenters. The van der Waals surface area contributed by atoms with E-state index in [4.69, 9.17) is 5.73 Å². The highest BCUT2D eigenvalue weighted by molar-refractivity contribution is 5.05. The summed E-state index contributed by atoms with van der Waals surface area (Å²) in [6.07, 6.45) is 6.12. The lowest BCUT2D eigenvalue weighted by molar-refractivity contribution is -0.128. The maximum atomic E-state index is 13.3. The van der Waals surface area contributed by atoms with Crippen molar-refractivity contribution in [2.24, 2.45) is 16.6 Å². The molecular weight excluding hydrogens is 208 g/mol. The van der Waals surface area contributed by atoms with Gasteiger partial charge in [0.05, 0.1) is 0 Å². The third-order valence-corrected chi connectivity index (χ3v) is 5.44. The van der Waals surface area contributed by atoms with Gasteiger partial charge in [0.15, 0.2) is 0 Å². The van der Waals surface area contributed by atoms with Crippen molar-refractivity contribution in [2.45, 2.75) is 64.2 Å². The monoisotopic (exact) mass is 231 g/mol. The van der Waals surface area contributed by atoms with Crippen molar-refractivity contribution < 1.29 is 8.78 Å². The number of hydrogen-bond donors (Lipinski definition) is 1. The first-order chi connectivity index (χ1) is 7.49. The van der Waals surface area contributed by atoms with Crippen LogP contribution in [0.4, 0.5) is 8.78 Å². The zero-order valence-electron chi connectivity index (χ0n) is 10.2. The molecule has 0 saturated heterocycles. The Balaban J connectivity index is 2.15. The molecule has 0 amide bonds. The van der Waals surface area contributed by atoms with E-state index in [0.29, 0.717) is 19.4 Å². The van der Waals surface area contributed by atoms with E-state index in [0.717, 1.165) is 6.42 Å². The maximum Gasteiger partial charge on any atom is 0.248 e. The summed E-state index contributed by atoms with van der Waals surface area (Å²) in [5, 5.41) is 0. The van der Waals surface area contributed by atoms with Crippen LogP contribution in [0, 0.1) is 10.8 Å². The topological polar surface area (TPSA) is 26.0 Å². The van der Waals surface area contributed by atoms with Crippen molar-refractivity contribution in [3.63, 3.8) is 0 Å². The van der Waals surface area contributed by atoms with E-state index in [-0.39, 0.29) is 23.7 Å². The molecular formula is C13H23F2N. The molecule has 0 bridgehead atoms. The average molecular weight is 231 g/mol. The third-order valence-electron chi connectivity index (χ3n) is 5.44. The van der Waals surface area contributed by atoms with Crippen molar-refractivity contribution in [1.82, 2.24) is 0 Å². The minimum atomic E-state index is -2.43. The van der Waals surface area contributed by atoms with Crippen LogP contribution in [0.15, 0.2) is 0 Å². The molecule has 0 aromatic rings. The highest BCUT2D eigenvalue weighted by atomic mass is 19.3. The second kappa shape index (κ2) is 3.94. The molecule has 2 fully saturated rings. The molecule has 2 saturated carbocycles. The molecule has 0 atom stereocenters. The lowest BCUT2D eigenvalue weighted by atomic mass is 9.47. The molecule has 2 aliphatic carbocycles. The van der Waals surface area contributed by atoms with Crippen LogP contribution in [0.3, 0.4) is 0 Å². The van der Waals surface area contributed by atoms with Gasteiger partial charge in [0.25, 0.3) is 0 Å². The maximum absolute atomic E-state index is 13.3. The highest BCUT2D eigenvalue weighted by Gasteiger charge is 2.55. The van der Waals surface area contributed by atoms with Gasteiger partial charge in [-0.05, 0) is 49.5 Å². The third kappa shape index (κ3) is 1.68. The Morgan fingerprint density at radius 2 is 1.50 bits per heavy atom. The van der Waals surface area contributed by atoms with Crippen LogP contribution < -0.4 is 5.73 Å². The van der Waals surface area contributed by atoms with Crippen LogP contribution in [0.5, 0.6) is 0 Å². The second-order valence-electron chi connectivity index (χ2n) is 5.83. The fourth-order valence-corrected chi connectivity index (χ4v) is 3.91. The molecule has 0 heterocycles. The summed E-state index contributed by atoms with van der Waals surface area (Å²) in [5.74, 6) is -2.43. The number of halogens is 2. The number of nitrogens with two attached hydrogens (primary N) is 1. The zero-order valence-corrected chi connectivity index (χ0v) is 10.2. The van der Waals surface area contributed by atoms with Gasteiger partial charge in [-0.3, -0.25) is 0 Å². The standard InChI is InChI=1S/C13H23F2N/c1-2-11(4-3-5-11)12(10-16)6-8-13(14,15)9-7-12/h2-10,16H2,1H3. The summed E-state index contributed by atoms with van der Waals surface area (Å²) in [7, 11) is 0. The summed E-state index contributed by atoms with van der Waals surface area (Å²) >= 11 is 0. The van der Waals surface area contributed by atoms with Crippen molar-refractivity contribution in [1.29, 1.82) is 0 Å². The van der Waals surface area contributed by atoms with E-state index in [1.54, 1.807) is 0 Å². The van der Waals surface area contributed by atoms with E-state index in [1.807, 2.05) is 0 Å². The molecule has 0 aliphatic heterocycles. The summed E-state index contributed by atoms with van der Waals surface area (Å²) in [6.45, 7) is 2.79. The molecule has 0 aromatic heterocycles. The minimum Gasteiger partial charge on any atom is -0.330 e. The Bertz CT molecular complexity index is 243. The van der Waals surface area contributed by atoms with Gasteiger partial charge in [-0.15, -0.1) is 0 Å². The fraction of sp³-hybridized carbons (Fsp3) is 1.00. The van der Waals surface area contributed by atoms with Crippen LogP contribution in [0.25, 0.3) is 0 Å². The molecule has 2 aliphatic rings. The number of rotatable bonds is 3. The Morgan fingerprint density at radius 3 is 1.81 bits per heavy atom. The van der Waals surface area contributed by atoms with Gasteiger partial charge in [0, 0.05) is 12.8 Å². The smallest absolute Gasteiger partial charge is 0.248 e. The first-order valence-corrected chi connectivity index (χ1v) is 6.57. The van der Waals surface area contributed by atoms with Crippen molar-refractivity contribution in [3.05, 3.63) is 0 Å². The van der Waals surface area contributed by atoms with Crippen molar-refractivity contribution in [2.75, 3.05) is 6.54 Å². The van der Waals surface area contributed by atoms with Gasteiger partial charge in [-0.25, -0.2) is 8.78 Å². The van der Waals surface area contributed by atoms with Gasteiger partial charge < -0.3 is 5.73 Å².